The minimum Gasteiger partial charge on any atom is -0.380 e. The number of benzene rings is 1. The van der Waals surface area contributed by atoms with Crippen LogP contribution in [0.4, 0.5) is 5.69 Å². The number of aromatic nitrogens is 2. The molecule has 1 saturated carbocycles. The van der Waals surface area contributed by atoms with Crippen LogP contribution >= 0.6 is 0 Å². The number of hydrogen-bond donors (Lipinski definition) is 2. The average molecular weight is 284 g/mol. The first-order chi connectivity index (χ1) is 10.1. The summed E-state index contributed by atoms with van der Waals surface area (Å²) < 4.78 is 1.56. The lowest BCUT2D eigenvalue weighted by Gasteiger charge is -2.37. The molecule has 5 nitrogen and oxygen atoms in total. The molecule has 21 heavy (non-hydrogen) atoms. The van der Waals surface area contributed by atoms with Crippen LogP contribution in [0.25, 0.3) is 0 Å². The third kappa shape index (κ3) is 3.07. The standard InChI is InChI=1S/C16H20N4O/c1-11-4-2-3-5-15(11)12-6-13(7-12)19-14-8-18-20(9-14)10-16(17)21/h2-5,8-9,12-13,19H,6-7,10H2,1H3,(H2,17,21). The van der Waals surface area contributed by atoms with Gasteiger partial charge in [-0.2, -0.15) is 5.10 Å². The Balaban J connectivity index is 1.54. The fourth-order valence-corrected chi connectivity index (χ4v) is 2.95. The van der Waals surface area contributed by atoms with Crippen molar-refractivity contribution in [3.05, 3.63) is 47.8 Å². The molecule has 0 saturated heterocycles. The molecule has 1 aliphatic carbocycles. The summed E-state index contributed by atoms with van der Waals surface area (Å²) in [5, 5.41) is 7.57. The Bertz CT molecular complexity index is 643. The third-order valence-corrected chi connectivity index (χ3v) is 4.09. The van der Waals surface area contributed by atoms with E-state index in [9.17, 15) is 4.79 Å². The number of anilines is 1. The highest BCUT2D eigenvalue weighted by Crippen LogP contribution is 2.39. The minimum atomic E-state index is -0.382. The first-order valence-corrected chi connectivity index (χ1v) is 7.24. The number of rotatable bonds is 5. The Morgan fingerprint density at radius 2 is 2.19 bits per heavy atom. The maximum Gasteiger partial charge on any atom is 0.239 e. The van der Waals surface area contributed by atoms with Gasteiger partial charge in [-0.1, -0.05) is 24.3 Å². The van der Waals surface area contributed by atoms with Gasteiger partial charge >= 0.3 is 0 Å². The fourth-order valence-electron chi connectivity index (χ4n) is 2.95. The maximum atomic E-state index is 10.8. The first kappa shape index (κ1) is 13.7. The van der Waals surface area contributed by atoms with Gasteiger partial charge < -0.3 is 11.1 Å². The summed E-state index contributed by atoms with van der Waals surface area (Å²) in [5.74, 6) is 0.261. The SMILES string of the molecule is Cc1ccccc1C1CC(Nc2cnn(CC(N)=O)c2)C1. The van der Waals surface area contributed by atoms with Crippen molar-refractivity contribution in [1.29, 1.82) is 0 Å². The average Bonchev–Trinajstić information content (AvgIpc) is 2.81. The summed E-state index contributed by atoms with van der Waals surface area (Å²) in [6.45, 7) is 2.29. The zero-order chi connectivity index (χ0) is 14.8. The third-order valence-electron chi connectivity index (χ3n) is 4.09. The molecule has 1 aromatic carbocycles. The van der Waals surface area contributed by atoms with Crippen molar-refractivity contribution < 1.29 is 4.79 Å². The van der Waals surface area contributed by atoms with Gasteiger partial charge in [0.05, 0.1) is 11.9 Å². The van der Waals surface area contributed by atoms with E-state index in [1.165, 1.54) is 11.1 Å². The van der Waals surface area contributed by atoms with Crippen molar-refractivity contribution in [2.75, 3.05) is 5.32 Å². The molecule has 1 heterocycles. The van der Waals surface area contributed by atoms with Crippen LogP contribution in [0.1, 0.15) is 29.9 Å². The Hall–Kier alpha value is -2.30. The van der Waals surface area contributed by atoms with Crippen LogP contribution in [0.15, 0.2) is 36.7 Å². The molecule has 3 N–H and O–H groups in total. The summed E-state index contributed by atoms with van der Waals surface area (Å²) in [7, 11) is 0. The molecule has 0 radical (unpaired) electrons. The zero-order valence-corrected chi connectivity index (χ0v) is 12.1. The molecule has 0 atom stereocenters. The second kappa shape index (κ2) is 5.60. The smallest absolute Gasteiger partial charge is 0.239 e. The van der Waals surface area contributed by atoms with Crippen LogP contribution in [-0.4, -0.2) is 21.7 Å². The van der Waals surface area contributed by atoms with E-state index in [1.807, 2.05) is 6.20 Å². The molecular weight excluding hydrogens is 264 g/mol. The number of amides is 1. The number of aryl methyl sites for hydroxylation is 1. The molecule has 0 spiro atoms. The predicted molar refractivity (Wildman–Crippen MR) is 82.0 cm³/mol. The van der Waals surface area contributed by atoms with Crippen molar-refractivity contribution in [2.45, 2.75) is 38.3 Å². The summed E-state index contributed by atoms with van der Waals surface area (Å²) in [5.41, 5.74) is 8.93. The molecule has 1 fully saturated rings. The first-order valence-electron chi connectivity index (χ1n) is 7.24. The van der Waals surface area contributed by atoms with E-state index in [1.54, 1.807) is 10.9 Å². The summed E-state index contributed by atoms with van der Waals surface area (Å²) >= 11 is 0. The Morgan fingerprint density at radius 1 is 1.43 bits per heavy atom. The molecule has 5 heteroatoms. The molecule has 3 rings (SSSR count). The van der Waals surface area contributed by atoms with Gasteiger partial charge in [-0.3, -0.25) is 9.48 Å². The largest absolute Gasteiger partial charge is 0.380 e. The highest BCUT2D eigenvalue weighted by atomic mass is 16.1. The Labute approximate surface area is 124 Å². The van der Waals surface area contributed by atoms with Crippen molar-refractivity contribution in [2.24, 2.45) is 5.73 Å². The molecule has 1 aliphatic rings. The molecule has 110 valence electrons. The number of nitrogens with one attached hydrogen (secondary N) is 1. The molecule has 2 aromatic rings. The Kier molecular flexibility index (Phi) is 3.64. The summed E-state index contributed by atoms with van der Waals surface area (Å²) in [4.78, 5) is 10.8. The van der Waals surface area contributed by atoms with Crippen LogP contribution in [0, 0.1) is 6.92 Å². The highest BCUT2D eigenvalue weighted by molar-refractivity contribution is 5.73. The zero-order valence-electron chi connectivity index (χ0n) is 12.1. The maximum absolute atomic E-state index is 10.8. The van der Waals surface area contributed by atoms with Crippen LogP contribution in [0.5, 0.6) is 0 Å². The van der Waals surface area contributed by atoms with Gasteiger partial charge in [-0.15, -0.1) is 0 Å². The molecule has 0 unspecified atom stereocenters. The molecule has 1 amide bonds. The molecule has 1 aromatic heterocycles. The van der Waals surface area contributed by atoms with Gasteiger partial charge in [0.2, 0.25) is 5.91 Å². The fraction of sp³-hybridized carbons (Fsp3) is 0.375. The lowest BCUT2D eigenvalue weighted by Crippen LogP contribution is -2.34. The van der Waals surface area contributed by atoms with Gasteiger partial charge in [0.25, 0.3) is 0 Å². The molecule has 0 aliphatic heterocycles. The second-order valence-electron chi connectivity index (χ2n) is 5.76. The van der Waals surface area contributed by atoms with Crippen LogP contribution in [0.3, 0.4) is 0 Å². The van der Waals surface area contributed by atoms with Gasteiger partial charge in [0, 0.05) is 12.2 Å². The van der Waals surface area contributed by atoms with Crippen LogP contribution < -0.4 is 11.1 Å². The van der Waals surface area contributed by atoms with Crippen molar-refractivity contribution in [3.8, 4) is 0 Å². The van der Waals surface area contributed by atoms with Gasteiger partial charge in [-0.05, 0) is 36.8 Å². The van der Waals surface area contributed by atoms with Crippen LogP contribution in [0.2, 0.25) is 0 Å². The van der Waals surface area contributed by atoms with E-state index >= 15 is 0 Å². The van der Waals surface area contributed by atoms with Crippen molar-refractivity contribution >= 4 is 11.6 Å². The number of carbonyl (C=O) groups is 1. The number of nitrogens with zero attached hydrogens (tertiary/aromatic N) is 2. The van der Waals surface area contributed by atoms with Crippen molar-refractivity contribution in [3.63, 3.8) is 0 Å². The summed E-state index contributed by atoms with van der Waals surface area (Å²) in [6, 6.07) is 9.06. The topological polar surface area (TPSA) is 72.9 Å². The number of carbonyl (C=O) groups excluding carboxylic acids is 1. The van der Waals surface area contributed by atoms with Crippen molar-refractivity contribution in [1.82, 2.24) is 9.78 Å². The van der Waals surface area contributed by atoms with E-state index in [2.05, 4.69) is 41.6 Å². The van der Waals surface area contributed by atoms with E-state index in [-0.39, 0.29) is 12.5 Å². The highest BCUT2D eigenvalue weighted by Gasteiger charge is 2.31. The molecular formula is C16H20N4O. The number of nitrogens with two attached hydrogens (primary N) is 1. The van der Waals surface area contributed by atoms with Crippen LogP contribution in [-0.2, 0) is 11.3 Å². The van der Waals surface area contributed by atoms with E-state index < -0.39 is 0 Å². The lowest BCUT2D eigenvalue weighted by molar-refractivity contribution is -0.118. The van der Waals surface area contributed by atoms with E-state index in [0.717, 1.165) is 18.5 Å². The quantitative estimate of drug-likeness (QED) is 0.882. The minimum absolute atomic E-state index is 0.123. The number of primary amides is 1. The van der Waals surface area contributed by atoms with Gasteiger partial charge in [-0.25, -0.2) is 0 Å². The van der Waals surface area contributed by atoms with Gasteiger partial charge in [0.1, 0.15) is 6.54 Å². The van der Waals surface area contributed by atoms with E-state index in [4.69, 9.17) is 5.73 Å². The van der Waals surface area contributed by atoms with E-state index in [0.29, 0.717) is 12.0 Å². The Morgan fingerprint density at radius 3 is 2.90 bits per heavy atom. The van der Waals surface area contributed by atoms with Gasteiger partial charge in [0.15, 0.2) is 0 Å². The lowest BCUT2D eigenvalue weighted by atomic mass is 9.74. The second-order valence-corrected chi connectivity index (χ2v) is 5.76. The monoisotopic (exact) mass is 284 g/mol. The summed E-state index contributed by atoms with van der Waals surface area (Å²) in [6.07, 6.45) is 5.83. The molecule has 0 bridgehead atoms. The predicted octanol–water partition coefficient (Wildman–Crippen LogP) is 2.03. The normalized spacial score (nSPS) is 20.8. The number of hydrogen-bond acceptors (Lipinski definition) is 3.